The van der Waals surface area contributed by atoms with Crippen molar-refractivity contribution in [2.45, 2.75) is 45.1 Å². The van der Waals surface area contributed by atoms with E-state index in [4.69, 9.17) is 0 Å². The van der Waals surface area contributed by atoms with Gasteiger partial charge in [-0.15, -0.1) is 0 Å². The fraction of sp³-hybridized carbons (Fsp3) is 0.400. The standard InChI is InChI=1S/C20H27NO/c1-20(2,3)21-15-7-10-19(16-8-5-4-6-9-16)17-11-13-18(22)14-12-17/h4-6,8-9,11-14,19,21-22H,7,10,15H2,1-3H3/t19-/m1/s1. The van der Waals surface area contributed by atoms with Crippen molar-refractivity contribution in [3.63, 3.8) is 0 Å². The molecule has 2 aromatic rings. The molecule has 2 heteroatoms. The lowest BCUT2D eigenvalue weighted by Gasteiger charge is -2.22. The van der Waals surface area contributed by atoms with E-state index in [9.17, 15) is 5.11 Å². The Kier molecular flexibility index (Phi) is 5.62. The van der Waals surface area contributed by atoms with Gasteiger partial charge in [-0.3, -0.25) is 0 Å². The Labute approximate surface area is 134 Å². The highest BCUT2D eigenvalue weighted by molar-refractivity contribution is 5.35. The van der Waals surface area contributed by atoms with Crippen molar-refractivity contribution in [1.82, 2.24) is 5.32 Å². The second kappa shape index (κ2) is 7.46. The Balaban J connectivity index is 2.07. The molecule has 22 heavy (non-hydrogen) atoms. The summed E-state index contributed by atoms with van der Waals surface area (Å²) in [4.78, 5) is 0. The van der Waals surface area contributed by atoms with Crippen molar-refractivity contribution in [1.29, 1.82) is 0 Å². The van der Waals surface area contributed by atoms with Gasteiger partial charge in [0, 0.05) is 11.5 Å². The van der Waals surface area contributed by atoms with Gasteiger partial charge in [0.05, 0.1) is 0 Å². The maximum Gasteiger partial charge on any atom is 0.115 e. The predicted octanol–water partition coefficient (Wildman–Crippen LogP) is 4.69. The minimum Gasteiger partial charge on any atom is -0.508 e. The first-order valence-electron chi connectivity index (χ1n) is 8.04. The highest BCUT2D eigenvalue weighted by atomic mass is 16.3. The van der Waals surface area contributed by atoms with Gasteiger partial charge in [-0.1, -0.05) is 42.5 Å². The summed E-state index contributed by atoms with van der Waals surface area (Å²) in [7, 11) is 0. The molecule has 2 rings (SSSR count). The van der Waals surface area contributed by atoms with E-state index in [1.165, 1.54) is 11.1 Å². The molecule has 118 valence electrons. The Morgan fingerprint density at radius 3 is 2.09 bits per heavy atom. The quantitative estimate of drug-likeness (QED) is 0.758. The largest absolute Gasteiger partial charge is 0.508 e. The summed E-state index contributed by atoms with van der Waals surface area (Å²) in [5, 5.41) is 13.1. The number of benzene rings is 2. The Hall–Kier alpha value is -1.80. The lowest BCUT2D eigenvalue weighted by atomic mass is 9.87. The van der Waals surface area contributed by atoms with Gasteiger partial charge in [0.2, 0.25) is 0 Å². The van der Waals surface area contributed by atoms with Crippen molar-refractivity contribution in [2.24, 2.45) is 0 Å². The van der Waals surface area contributed by atoms with Crippen LogP contribution in [0, 0.1) is 0 Å². The number of hydrogen-bond donors (Lipinski definition) is 2. The fourth-order valence-electron chi connectivity index (χ4n) is 2.69. The van der Waals surface area contributed by atoms with Gasteiger partial charge in [-0.25, -0.2) is 0 Å². The van der Waals surface area contributed by atoms with Crippen LogP contribution in [0.25, 0.3) is 0 Å². The van der Waals surface area contributed by atoms with Crippen LogP contribution in [0.3, 0.4) is 0 Å². The molecule has 1 atom stereocenters. The van der Waals surface area contributed by atoms with Crippen molar-refractivity contribution >= 4 is 0 Å². The van der Waals surface area contributed by atoms with E-state index in [0.717, 1.165) is 19.4 Å². The summed E-state index contributed by atoms with van der Waals surface area (Å²) in [6.07, 6.45) is 2.22. The first kappa shape index (κ1) is 16.6. The van der Waals surface area contributed by atoms with Crippen LogP contribution in [0.2, 0.25) is 0 Å². The average Bonchev–Trinajstić information content (AvgIpc) is 2.48. The first-order chi connectivity index (χ1) is 10.5. The number of hydrogen-bond acceptors (Lipinski definition) is 2. The average molecular weight is 297 g/mol. The van der Waals surface area contributed by atoms with Crippen LogP contribution in [0.4, 0.5) is 0 Å². The van der Waals surface area contributed by atoms with E-state index in [1.54, 1.807) is 12.1 Å². The molecule has 0 spiro atoms. The number of nitrogens with one attached hydrogen (secondary N) is 1. The SMILES string of the molecule is CC(C)(C)NCCC[C@H](c1ccccc1)c1ccc(O)cc1. The van der Waals surface area contributed by atoms with Gasteiger partial charge in [0.25, 0.3) is 0 Å². The van der Waals surface area contributed by atoms with Crippen LogP contribution in [-0.2, 0) is 0 Å². The summed E-state index contributed by atoms with van der Waals surface area (Å²) < 4.78 is 0. The van der Waals surface area contributed by atoms with E-state index in [0.29, 0.717) is 11.7 Å². The topological polar surface area (TPSA) is 32.3 Å². The summed E-state index contributed by atoms with van der Waals surface area (Å²) in [6, 6.07) is 18.2. The lowest BCUT2D eigenvalue weighted by Crippen LogP contribution is -2.36. The van der Waals surface area contributed by atoms with Gasteiger partial charge in [0.1, 0.15) is 5.75 Å². The normalized spacial score (nSPS) is 13.0. The highest BCUT2D eigenvalue weighted by Crippen LogP contribution is 2.30. The zero-order chi connectivity index (χ0) is 16.0. The number of rotatable bonds is 6. The second-order valence-electron chi connectivity index (χ2n) is 6.87. The van der Waals surface area contributed by atoms with E-state index in [-0.39, 0.29) is 5.54 Å². The van der Waals surface area contributed by atoms with Crippen LogP contribution in [0.1, 0.15) is 50.7 Å². The maximum atomic E-state index is 9.50. The predicted molar refractivity (Wildman–Crippen MR) is 93.4 cm³/mol. The third-order valence-electron chi connectivity index (χ3n) is 3.82. The summed E-state index contributed by atoms with van der Waals surface area (Å²) in [5.74, 6) is 0.702. The lowest BCUT2D eigenvalue weighted by molar-refractivity contribution is 0.415. The van der Waals surface area contributed by atoms with E-state index in [2.05, 4.69) is 56.4 Å². The third-order valence-corrected chi connectivity index (χ3v) is 3.82. The molecular weight excluding hydrogens is 270 g/mol. The van der Waals surface area contributed by atoms with Crippen LogP contribution >= 0.6 is 0 Å². The number of phenols is 1. The van der Waals surface area contributed by atoms with Gasteiger partial charge in [0.15, 0.2) is 0 Å². The molecule has 2 nitrogen and oxygen atoms in total. The smallest absolute Gasteiger partial charge is 0.115 e. The van der Waals surface area contributed by atoms with Crippen LogP contribution in [0.15, 0.2) is 54.6 Å². The summed E-state index contributed by atoms with van der Waals surface area (Å²) in [6.45, 7) is 7.61. The molecule has 0 radical (unpaired) electrons. The maximum absolute atomic E-state index is 9.50. The van der Waals surface area contributed by atoms with Gasteiger partial charge in [-0.05, 0) is 63.4 Å². The molecule has 0 fully saturated rings. The molecule has 0 aromatic heterocycles. The molecular formula is C20H27NO. The molecule has 0 heterocycles. The minimum absolute atomic E-state index is 0.167. The van der Waals surface area contributed by atoms with Crippen molar-refractivity contribution in [2.75, 3.05) is 6.54 Å². The molecule has 2 N–H and O–H groups in total. The Morgan fingerprint density at radius 2 is 1.50 bits per heavy atom. The van der Waals surface area contributed by atoms with Crippen molar-refractivity contribution < 1.29 is 5.11 Å². The van der Waals surface area contributed by atoms with Crippen LogP contribution < -0.4 is 5.32 Å². The Bertz CT molecular complexity index is 555. The fourth-order valence-corrected chi connectivity index (χ4v) is 2.69. The zero-order valence-corrected chi connectivity index (χ0v) is 13.8. The van der Waals surface area contributed by atoms with Gasteiger partial charge < -0.3 is 10.4 Å². The van der Waals surface area contributed by atoms with Gasteiger partial charge in [-0.2, -0.15) is 0 Å². The number of aromatic hydroxyl groups is 1. The molecule has 0 aliphatic heterocycles. The summed E-state index contributed by atoms with van der Waals surface area (Å²) in [5.41, 5.74) is 2.77. The number of phenolic OH excluding ortho intramolecular Hbond substituents is 1. The van der Waals surface area contributed by atoms with Crippen LogP contribution in [0.5, 0.6) is 5.75 Å². The van der Waals surface area contributed by atoms with Crippen molar-refractivity contribution in [3.05, 3.63) is 65.7 Å². The zero-order valence-electron chi connectivity index (χ0n) is 13.8. The van der Waals surface area contributed by atoms with Crippen molar-refractivity contribution in [3.8, 4) is 5.75 Å². The molecule has 0 amide bonds. The molecule has 0 saturated carbocycles. The van der Waals surface area contributed by atoms with E-state index >= 15 is 0 Å². The minimum atomic E-state index is 0.167. The highest BCUT2D eigenvalue weighted by Gasteiger charge is 2.15. The van der Waals surface area contributed by atoms with Crippen LogP contribution in [-0.4, -0.2) is 17.2 Å². The monoisotopic (exact) mass is 297 g/mol. The molecule has 0 bridgehead atoms. The molecule has 2 aromatic carbocycles. The first-order valence-corrected chi connectivity index (χ1v) is 8.04. The summed E-state index contributed by atoms with van der Waals surface area (Å²) >= 11 is 0. The Morgan fingerprint density at radius 1 is 0.909 bits per heavy atom. The van der Waals surface area contributed by atoms with Gasteiger partial charge >= 0.3 is 0 Å². The molecule has 0 saturated heterocycles. The van der Waals surface area contributed by atoms with E-state index in [1.807, 2.05) is 12.1 Å². The molecule has 0 aliphatic rings. The molecule has 0 unspecified atom stereocenters. The van der Waals surface area contributed by atoms with E-state index < -0.39 is 0 Å². The second-order valence-corrected chi connectivity index (χ2v) is 6.87. The third kappa shape index (κ3) is 5.19. The molecule has 0 aliphatic carbocycles.